The maximum Gasteiger partial charge on any atom is 0.227 e. The number of nitrogens with zero attached hydrogens (tertiary/aromatic N) is 2. The fraction of sp³-hybridized carbons (Fsp3) is 0.632. The molecule has 0 saturated carbocycles. The van der Waals surface area contributed by atoms with Gasteiger partial charge in [-0.15, -0.1) is 0 Å². The second-order valence-corrected chi connectivity index (χ2v) is 7.98. The molecule has 3 rings (SSSR count). The van der Waals surface area contributed by atoms with Gasteiger partial charge >= 0.3 is 0 Å². The zero-order valence-electron chi connectivity index (χ0n) is 14.3. The molecule has 2 heterocycles. The van der Waals surface area contributed by atoms with Crippen LogP contribution in [0.15, 0.2) is 18.2 Å². The van der Waals surface area contributed by atoms with Gasteiger partial charge in [-0.3, -0.25) is 4.79 Å². The van der Waals surface area contributed by atoms with Crippen LogP contribution in [0.2, 0.25) is 10.0 Å². The fourth-order valence-electron chi connectivity index (χ4n) is 4.09. The second kappa shape index (κ2) is 8.07. The number of hydrogen-bond donors (Lipinski definition) is 0. The predicted octanol–water partition coefficient (Wildman–Crippen LogP) is 4.40. The van der Waals surface area contributed by atoms with Gasteiger partial charge in [-0.2, -0.15) is 0 Å². The van der Waals surface area contributed by atoms with Gasteiger partial charge in [-0.25, -0.2) is 0 Å². The van der Waals surface area contributed by atoms with Crippen LogP contribution in [0, 0.1) is 0 Å². The summed E-state index contributed by atoms with van der Waals surface area (Å²) in [6, 6.07) is 6.15. The van der Waals surface area contributed by atoms with Crippen LogP contribution < -0.4 is 0 Å². The Morgan fingerprint density at radius 1 is 1.12 bits per heavy atom. The number of amides is 1. The van der Waals surface area contributed by atoms with Gasteiger partial charge in [-0.05, 0) is 69.8 Å². The third kappa shape index (κ3) is 4.25. The standard InChI is InChI=1S/C19H26Cl2N2O/c1-14-5-4-6-16(13-22-9-2-3-10-22)23(14)19(24)12-15-7-8-17(20)18(21)11-15/h7-8,11,14,16H,2-6,9-10,12-13H2,1H3/t14-,16+/m0/s1. The number of benzene rings is 1. The molecule has 1 aromatic carbocycles. The van der Waals surface area contributed by atoms with Gasteiger partial charge in [0.2, 0.25) is 5.91 Å². The van der Waals surface area contributed by atoms with Crippen LogP contribution in [0.25, 0.3) is 0 Å². The van der Waals surface area contributed by atoms with Gasteiger partial charge in [-0.1, -0.05) is 29.3 Å². The molecule has 2 aliphatic rings. The number of likely N-dealkylation sites (tertiary alicyclic amines) is 2. The molecule has 2 fully saturated rings. The average Bonchev–Trinajstić information content (AvgIpc) is 3.04. The van der Waals surface area contributed by atoms with E-state index in [1.807, 2.05) is 12.1 Å². The third-order valence-corrected chi connectivity index (χ3v) is 6.06. The maximum atomic E-state index is 13.0. The number of carbonyl (C=O) groups excluding carboxylic acids is 1. The quantitative estimate of drug-likeness (QED) is 0.785. The van der Waals surface area contributed by atoms with E-state index >= 15 is 0 Å². The summed E-state index contributed by atoms with van der Waals surface area (Å²) in [6.07, 6.45) is 6.42. The van der Waals surface area contributed by atoms with Crippen LogP contribution in [0.3, 0.4) is 0 Å². The summed E-state index contributed by atoms with van der Waals surface area (Å²) < 4.78 is 0. The predicted molar refractivity (Wildman–Crippen MR) is 99.8 cm³/mol. The molecule has 0 spiro atoms. The van der Waals surface area contributed by atoms with Gasteiger partial charge in [0.15, 0.2) is 0 Å². The zero-order chi connectivity index (χ0) is 17.1. The molecule has 0 unspecified atom stereocenters. The lowest BCUT2D eigenvalue weighted by atomic mass is 9.95. The summed E-state index contributed by atoms with van der Waals surface area (Å²) in [5.41, 5.74) is 0.937. The summed E-state index contributed by atoms with van der Waals surface area (Å²) >= 11 is 12.1. The summed E-state index contributed by atoms with van der Waals surface area (Å²) in [5, 5.41) is 1.05. The van der Waals surface area contributed by atoms with E-state index in [4.69, 9.17) is 23.2 Å². The second-order valence-electron chi connectivity index (χ2n) is 7.17. The molecule has 0 aliphatic carbocycles. The molecule has 2 aliphatic heterocycles. The van der Waals surface area contributed by atoms with Crippen molar-refractivity contribution in [1.82, 2.24) is 9.80 Å². The molecule has 0 N–H and O–H groups in total. The molecule has 3 nitrogen and oxygen atoms in total. The molecule has 1 aromatic rings. The van der Waals surface area contributed by atoms with E-state index in [0.29, 0.717) is 28.5 Å². The van der Waals surface area contributed by atoms with Crippen LogP contribution in [-0.2, 0) is 11.2 Å². The van der Waals surface area contributed by atoms with Crippen molar-refractivity contribution in [2.45, 2.75) is 57.5 Å². The minimum atomic E-state index is 0.213. The van der Waals surface area contributed by atoms with Crippen molar-refractivity contribution in [3.63, 3.8) is 0 Å². The molecule has 24 heavy (non-hydrogen) atoms. The average molecular weight is 369 g/mol. The van der Waals surface area contributed by atoms with E-state index in [1.54, 1.807) is 6.07 Å². The molecule has 2 atom stereocenters. The zero-order valence-corrected chi connectivity index (χ0v) is 15.8. The Labute approximate surface area is 154 Å². The monoisotopic (exact) mass is 368 g/mol. The van der Waals surface area contributed by atoms with Crippen molar-refractivity contribution >= 4 is 29.1 Å². The first-order valence-electron chi connectivity index (χ1n) is 9.02. The summed E-state index contributed by atoms with van der Waals surface area (Å²) in [4.78, 5) is 17.6. The maximum absolute atomic E-state index is 13.0. The Balaban J connectivity index is 1.69. The SMILES string of the molecule is C[C@H]1CCC[C@H](CN2CCCC2)N1C(=O)Cc1ccc(Cl)c(Cl)c1. The van der Waals surface area contributed by atoms with E-state index in [2.05, 4.69) is 16.7 Å². The molecule has 1 amide bonds. The normalized spacial score (nSPS) is 25.2. The highest BCUT2D eigenvalue weighted by Gasteiger charge is 2.33. The smallest absolute Gasteiger partial charge is 0.227 e. The number of halogens is 2. The first-order chi connectivity index (χ1) is 11.5. The van der Waals surface area contributed by atoms with Gasteiger partial charge in [0.05, 0.1) is 16.5 Å². The highest BCUT2D eigenvalue weighted by atomic mass is 35.5. The first kappa shape index (κ1) is 18.0. The van der Waals surface area contributed by atoms with Crippen LogP contribution in [-0.4, -0.2) is 47.4 Å². The van der Waals surface area contributed by atoms with Crippen molar-refractivity contribution < 1.29 is 4.79 Å². The molecule has 0 bridgehead atoms. The van der Waals surface area contributed by atoms with Crippen LogP contribution in [0.4, 0.5) is 0 Å². The van der Waals surface area contributed by atoms with Gasteiger partial charge in [0.1, 0.15) is 0 Å². The molecular weight excluding hydrogens is 343 g/mol. The van der Waals surface area contributed by atoms with Gasteiger partial charge < -0.3 is 9.80 Å². The highest BCUT2D eigenvalue weighted by Crippen LogP contribution is 2.27. The lowest BCUT2D eigenvalue weighted by Gasteiger charge is -2.42. The number of rotatable bonds is 4. The number of piperidine rings is 1. The van der Waals surface area contributed by atoms with Crippen molar-refractivity contribution in [1.29, 1.82) is 0 Å². The summed E-state index contributed by atoms with van der Waals surface area (Å²) in [6.45, 7) is 5.57. The highest BCUT2D eigenvalue weighted by molar-refractivity contribution is 6.42. The lowest BCUT2D eigenvalue weighted by molar-refractivity contribution is -0.137. The van der Waals surface area contributed by atoms with E-state index in [9.17, 15) is 4.79 Å². The molecule has 2 saturated heterocycles. The summed E-state index contributed by atoms with van der Waals surface area (Å²) in [7, 11) is 0. The molecular formula is C19H26Cl2N2O. The first-order valence-corrected chi connectivity index (χ1v) is 9.77. The Morgan fingerprint density at radius 3 is 2.58 bits per heavy atom. The third-order valence-electron chi connectivity index (χ3n) is 5.32. The lowest BCUT2D eigenvalue weighted by Crippen LogP contribution is -2.53. The van der Waals surface area contributed by atoms with Gasteiger partial charge in [0.25, 0.3) is 0 Å². The largest absolute Gasteiger partial charge is 0.335 e. The van der Waals surface area contributed by atoms with Gasteiger partial charge in [0, 0.05) is 18.6 Å². The molecule has 0 aromatic heterocycles. The van der Waals surface area contributed by atoms with Crippen molar-refractivity contribution in [3.8, 4) is 0 Å². The Bertz CT molecular complexity index is 587. The van der Waals surface area contributed by atoms with Crippen LogP contribution in [0.5, 0.6) is 0 Å². The Morgan fingerprint density at radius 2 is 1.88 bits per heavy atom. The molecule has 0 radical (unpaired) electrons. The molecule has 132 valence electrons. The van der Waals surface area contributed by atoms with E-state index in [0.717, 1.165) is 24.9 Å². The van der Waals surface area contributed by atoms with E-state index in [1.165, 1.54) is 32.4 Å². The summed E-state index contributed by atoms with van der Waals surface area (Å²) in [5.74, 6) is 0.213. The number of hydrogen-bond acceptors (Lipinski definition) is 2. The Hall–Kier alpha value is -0.770. The van der Waals surface area contributed by atoms with Crippen molar-refractivity contribution in [3.05, 3.63) is 33.8 Å². The fourth-order valence-corrected chi connectivity index (χ4v) is 4.42. The Kier molecular flexibility index (Phi) is 6.07. The topological polar surface area (TPSA) is 23.6 Å². The minimum Gasteiger partial charge on any atom is -0.335 e. The van der Waals surface area contributed by atoms with Crippen molar-refractivity contribution in [2.24, 2.45) is 0 Å². The van der Waals surface area contributed by atoms with Crippen LogP contribution in [0.1, 0.15) is 44.6 Å². The minimum absolute atomic E-state index is 0.213. The van der Waals surface area contributed by atoms with E-state index < -0.39 is 0 Å². The molecule has 5 heteroatoms. The van der Waals surface area contributed by atoms with E-state index in [-0.39, 0.29) is 5.91 Å². The van der Waals surface area contributed by atoms with Crippen molar-refractivity contribution in [2.75, 3.05) is 19.6 Å². The number of carbonyl (C=O) groups is 1. The van der Waals surface area contributed by atoms with Crippen LogP contribution >= 0.6 is 23.2 Å².